The zero-order valence-corrected chi connectivity index (χ0v) is 11.1. The molecule has 0 spiro atoms. The highest BCUT2D eigenvalue weighted by molar-refractivity contribution is 5.82. The average Bonchev–Trinajstić information content (AvgIpc) is 2.61. The van der Waals surface area contributed by atoms with Gasteiger partial charge in [-0.15, -0.1) is 0 Å². The van der Waals surface area contributed by atoms with Crippen molar-refractivity contribution in [2.24, 2.45) is 0 Å². The van der Waals surface area contributed by atoms with Crippen molar-refractivity contribution < 1.29 is 14.3 Å². The zero-order valence-electron chi connectivity index (χ0n) is 11.1. The highest BCUT2D eigenvalue weighted by atomic mass is 16.6. The molecule has 1 aromatic rings. The number of carbonyl (C=O) groups is 1. The Morgan fingerprint density at radius 2 is 1.89 bits per heavy atom. The number of ether oxygens (including phenoxy) is 2. The maximum atomic E-state index is 11.9. The van der Waals surface area contributed by atoms with Crippen molar-refractivity contribution in [3.63, 3.8) is 0 Å². The second-order valence-corrected chi connectivity index (χ2v) is 4.92. The van der Waals surface area contributed by atoms with Crippen molar-refractivity contribution in [1.82, 2.24) is 4.90 Å². The molecule has 102 valence electrons. The maximum absolute atomic E-state index is 11.9. The summed E-state index contributed by atoms with van der Waals surface area (Å²) in [7, 11) is 1.86. The van der Waals surface area contributed by atoms with E-state index in [0.717, 1.165) is 36.7 Å². The second-order valence-electron chi connectivity index (χ2n) is 4.92. The van der Waals surface area contributed by atoms with Crippen LogP contribution >= 0.6 is 0 Å². The molecule has 0 bridgehead atoms. The highest BCUT2D eigenvalue weighted by Gasteiger charge is 2.21. The van der Waals surface area contributed by atoms with Crippen molar-refractivity contribution in [3.05, 3.63) is 18.2 Å². The van der Waals surface area contributed by atoms with Crippen LogP contribution in [0.1, 0.15) is 6.42 Å². The molecule has 0 atom stereocenters. The van der Waals surface area contributed by atoms with E-state index in [1.165, 1.54) is 0 Å². The van der Waals surface area contributed by atoms with Crippen LogP contribution in [-0.2, 0) is 4.79 Å². The summed E-state index contributed by atoms with van der Waals surface area (Å²) in [5.74, 6) is 1.72. The molecule has 2 heterocycles. The van der Waals surface area contributed by atoms with Crippen molar-refractivity contribution in [3.8, 4) is 11.5 Å². The van der Waals surface area contributed by atoms with Gasteiger partial charge in [0.05, 0.1) is 6.54 Å². The van der Waals surface area contributed by atoms with Gasteiger partial charge in [0.1, 0.15) is 13.2 Å². The summed E-state index contributed by atoms with van der Waals surface area (Å²) in [6.45, 7) is 3.31. The minimum Gasteiger partial charge on any atom is -0.486 e. The number of nitrogens with zero attached hydrogens (tertiary/aromatic N) is 2. The molecule has 0 unspecified atom stereocenters. The molecule has 0 N–H and O–H groups in total. The van der Waals surface area contributed by atoms with Crippen molar-refractivity contribution in [2.45, 2.75) is 6.42 Å². The Kier molecular flexibility index (Phi) is 3.19. The summed E-state index contributed by atoms with van der Waals surface area (Å²) in [5.41, 5.74) is 1.02. The Morgan fingerprint density at radius 1 is 1.11 bits per heavy atom. The number of amides is 1. The molecule has 1 aromatic carbocycles. The first kappa shape index (κ1) is 12.1. The van der Waals surface area contributed by atoms with E-state index in [0.29, 0.717) is 19.8 Å². The second kappa shape index (κ2) is 4.99. The van der Waals surface area contributed by atoms with Crippen LogP contribution < -0.4 is 14.4 Å². The van der Waals surface area contributed by atoms with Crippen LogP contribution in [0.25, 0.3) is 0 Å². The number of benzene rings is 1. The molecule has 2 aliphatic heterocycles. The number of hydrogen-bond acceptors (Lipinski definition) is 4. The minimum atomic E-state index is 0.160. The van der Waals surface area contributed by atoms with Gasteiger partial charge in [-0.3, -0.25) is 4.79 Å². The Hall–Kier alpha value is -1.91. The lowest BCUT2D eigenvalue weighted by molar-refractivity contribution is -0.127. The summed E-state index contributed by atoms with van der Waals surface area (Å²) in [6, 6.07) is 5.88. The third kappa shape index (κ3) is 2.45. The van der Waals surface area contributed by atoms with Crippen molar-refractivity contribution in [2.75, 3.05) is 44.8 Å². The number of likely N-dealkylation sites (N-methyl/N-ethyl adjacent to an activating group) is 1. The number of fused-ring (bicyclic) bond motifs is 1. The fourth-order valence-electron chi connectivity index (χ4n) is 2.44. The van der Waals surface area contributed by atoms with Crippen molar-refractivity contribution >= 4 is 11.6 Å². The van der Waals surface area contributed by atoms with Crippen LogP contribution in [0, 0.1) is 0 Å². The van der Waals surface area contributed by atoms with Gasteiger partial charge in [-0.25, -0.2) is 0 Å². The normalized spacial score (nSPS) is 19.3. The molecule has 1 saturated heterocycles. The lowest BCUT2D eigenvalue weighted by atomic mass is 10.2. The summed E-state index contributed by atoms with van der Waals surface area (Å²) in [5, 5.41) is 0. The zero-order chi connectivity index (χ0) is 13.2. The first-order chi connectivity index (χ1) is 9.24. The van der Waals surface area contributed by atoms with Gasteiger partial charge in [-0.05, 0) is 18.6 Å². The molecule has 1 fully saturated rings. The monoisotopic (exact) mass is 262 g/mol. The van der Waals surface area contributed by atoms with Gasteiger partial charge >= 0.3 is 0 Å². The van der Waals surface area contributed by atoms with E-state index in [1.54, 1.807) is 4.90 Å². The molecule has 2 aliphatic rings. The molecular formula is C14H18N2O3. The van der Waals surface area contributed by atoms with Crippen molar-refractivity contribution in [1.29, 1.82) is 0 Å². The van der Waals surface area contributed by atoms with Gasteiger partial charge in [0.15, 0.2) is 11.5 Å². The van der Waals surface area contributed by atoms with Crippen LogP contribution in [0.2, 0.25) is 0 Å². The third-order valence-corrected chi connectivity index (χ3v) is 3.56. The van der Waals surface area contributed by atoms with Gasteiger partial charge in [-0.2, -0.15) is 0 Å². The van der Waals surface area contributed by atoms with E-state index in [1.807, 2.05) is 25.2 Å². The van der Waals surface area contributed by atoms with E-state index in [4.69, 9.17) is 9.47 Å². The van der Waals surface area contributed by atoms with Gasteiger partial charge in [0, 0.05) is 31.9 Å². The SMILES string of the molecule is CN1CCCN(c2ccc3c(c2)OCCO3)CC1=O. The first-order valence-electron chi connectivity index (χ1n) is 6.62. The van der Waals surface area contributed by atoms with E-state index in [9.17, 15) is 4.79 Å². The van der Waals surface area contributed by atoms with E-state index in [2.05, 4.69) is 4.90 Å². The summed E-state index contributed by atoms with van der Waals surface area (Å²) < 4.78 is 11.1. The summed E-state index contributed by atoms with van der Waals surface area (Å²) in [4.78, 5) is 15.8. The molecule has 0 radical (unpaired) electrons. The topological polar surface area (TPSA) is 42.0 Å². The maximum Gasteiger partial charge on any atom is 0.241 e. The summed E-state index contributed by atoms with van der Waals surface area (Å²) >= 11 is 0. The Balaban J connectivity index is 1.83. The van der Waals surface area contributed by atoms with Gasteiger partial charge in [0.25, 0.3) is 0 Å². The molecule has 0 aliphatic carbocycles. The lowest BCUT2D eigenvalue weighted by Gasteiger charge is -2.25. The number of carbonyl (C=O) groups excluding carboxylic acids is 1. The van der Waals surface area contributed by atoms with Gasteiger partial charge in [0.2, 0.25) is 5.91 Å². The predicted molar refractivity (Wildman–Crippen MR) is 71.9 cm³/mol. The molecule has 1 amide bonds. The minimum absolute atomic E-state index is 0.160. The smallest absolute Gasteiger partial charge is 0.241 e. The fourth-order valence-corrected chi connectivity index (χ4v) is 2.44. The Labute approximate surface area is 112 Å². The van der Waals surface area contributed by atoms with E-state index in [-0.39, 0.29) is 5.91 Å². The highest BCUT2D eigenvalue weighted by Crippen LogP contribution is 2.34. The molecule has 3 rings (SSSR count). The number of anilines is 1. The molecule has 0 aromatic heterocycles. The molecular weight excluding hydrogens is 244 g/mol. The first-order valence-corrected chi connectivity index (χ1v) is 6.62. The van der Waals surface area contributed by atoms with Crippen LogP contribution in [-0.4, -0.2) is 50.7 Å². The molecule has 5 nitrogen and oxygen atoms in total. The van der Waals surface area contributed by atoms with Crippen LogP contribution in [0.4, 0.5) is 5.69 Å². The molecule has 0 saturated carbocycles. The fraction of sp³-hybridized carbons (Fsp3) is 0.500. The Morgan fingerprint density at radius 3 is 2.74 bits per heavy atom. The van der Waals surface area contributed by atoms with Gasteiger partial charge < -0.3 is 19.3 Å². The van der Waals surface area contributed by atoms with Crippen LogP contribution in [0.15, 0.2) is 18.2 Å². The predicted octanol–water partition coefficient (Wildman–Crippen LogP) is 1.13. The largest absolute Gasteiger partial charge is 0.486 e. The average molecular weight is 262 g/mol. The standard InChI is InChI=1S/C14H18N2O3/c1-15-5-2-6-16(10-14(15)17)11-3-4-12-13(9-11)19-8-7-18-12/h3-4,9H,2,5-8,10H2,1H3. The number of hydrogen-bond donors (Lipinski definition) is 0. The van der Waals surface area contributed by atoms with E-state index >= 15 is 0 Å². The molecule has 5 heteroatoms. The Bertz CT molecular complexity index is 490. The van der Waals surface area contributed by atoms with E-state index < -0.39 is 0 Å². The lowest BCUT2D eigenvalue weighted by Crippen LogP contribution is -2.34. The summed E-state index contributed by atoms with van der Waals surface area (Å²) in [6.07, 6.45) is 0.983. The van der Waals surface area contributed by atoms with Crippen LogP contribution in [0.3, 0.4) is 0 Å². The molecule has 19 heavy (non-hydrogen) atoms. The number of rotatable bonds is 1. The van der Waals surface area contributed by atoms with Crippen LogP contribution in [0.5, 0.6) is 11.5 Å². The quantitative estimate of drug-likeness (QED) is 0.761. The van der Waals surface area contributed by atoms with Gasteiger partial charge in [-0.1, -0.05) is 0 Å². The third-order valence-electron chi connectivity index (χ3n) is 3.56.